The van der Waals surface area contributed by atoms with Crippen LogP contribution in [0.1, 0.15) is 31.0 Å². The molecule has 7 nitrogen and oxygen atoms in total. The van der Waals surface area contributed by atoms with Crippen LogP contribution in [0.5, 0.6) is 0 Å². The maximum atomic E-state index is 12.5. The molecule has 1 aliphatic heterocycles. The summed E-state index contributed by atoms with van der Waals surface area (Å²) in [6.07, 6.45) is 1.31. The quantitative estimate of drug-likeness (QED) is 0.686. The van der Waals surface area contributed by atoms with Crippen molar-refractivity contribution in [3.63, 3.8) is 0 Å². The fourth-order valence-electron chi connectivity index (χ4n) is 3.35. The molecular weight excluding hydrogens is 380 g/mol. The Morgan fingerprint density at radius 1 is 1.32 bits per heavy atom. The maximum Gasteiger partial charge on any atom is 0.414 e. The molecule has 0 radical (unpaired) electrons. The molecule has 1 atom stereocenters. The van der Waals surface area contributed by atoms with E-state index >= 15 is 0 Å². The minimum absolute atomic E-state index is 0.174. The first-order valence-corrected chi connectivity index (χ1v) is 9.36. The van der Waals surface area contributed by atoms with Gasteiger partial charge in [-0.2, -0.15) is 0 Å². The molecule has 28 heavy (non-hydrogen) atoms. The van der Waals surface area contributed by atoms with Crippen LogP contribution in [0.4, 0.5) is 16.3 Å². The topological polar surface area (TPSA) is 87.3 Å². The molecule has 2 N–H and O–H groups in total. The van der Waals surface area contributed by atoms with Gasteiger partial charge in [0.25, 0.3) is 5.56 Å². The summed E-state index contributed by atoms with van der Waals surface area (Å²) in [6.45, 7) is 4.47. The lowest BCUT2D eigenvalue weighted by atomic mass is 10.1. The number of cyclic esters (lactones) is 1. The number of ether oxygens (including phenoxy) is 1. The zero-order valence-corrected chi connectivity index (χ0v) is 16.2. The van der Waals surface area contributed by atoms with Crippen molar-refractivity contribution in [3.8, 4) is 0 Å². The number of halogens is 1. The van der Waals surface area contributed by atoms with Gasteiger partial charge in [-0.25, -0.2) is 9.78 Å². The lowest BCUT2D eigenvalue weighted by molar-refractivity contribution is 0.142. The third-order valence-corrected chi connectivity index (χ3v) is 5.04. The molecule has 0 bridgehead atoms. The highest BCUT2D eigenvalue weighted by atomic mass is 35.5. The van der Waals surface area contributed by atoms with Gasteiger partial charge in [-0.1, -0.05) is 11.6 Å². The zero-order valence-electron chi connectivity index (χ0n) is 15.5. The van der Waals surface area contributed by atoms with E-state index < -0.39 is 0 Å². The van der Waals surface area contributed by atoms with Gasteiger partial charge < -0.3 is 15.0 Å². The number of carbonyl (C=O) groups excluding carboxylic acids is 1. The second kappa shape index (κ2) is 7.16. The summed E-state index contributed by atoms with van der Waals surface area (Å²) in [7, 11) is 0. The van der Waals surface area contributed by atoms with Crippen molar-refractivity contribution in [2.45, 2.75) is 26.5 Å². The third-order valence-electron chi connectivity index (χ3n) is 4.81. The van der Waals surface area contributed by atoms with Gasteiger partial charge in [-0.05, 0) is 38.1 Å². The number of carbonyl (C=O) groups is 1. The lowest BCUT2D eigenvalue weighted by Crippen LogP contribution is -2.35. The van der Waals surface area contributed by atoms with Gasteiger partial charge in [0, 0.05) is 45.9 Å². The van der Waals surface area contributed by atoms with Crippen molar-refractivity contribution in [2.24, 2.45) is 0 Å². The standard InChI is InChI=1S/C20H19ClN4O3/c1-3-25-17-8-18(22-9-13(17)10-28-20(25)27)23-11(2)15-7-12-6-14(21)4-5-16(12)24-19(15)26/h4-9,11H,3,10H2,1-2H3,(H,22,23)(H,24,26)/t11-/m0/s1. The Balaban J connectivity index is 1.66. The summed E-state index contributed by atoms with van der Waals surface area (Å²) in [5.74, 6) is 0.574. The summed E-state index contributed by atoms with van der Waals surface area (Å²) >= 11 is 6.07. The van der Waals surface area contributed by atoms with Crippen molar-refractivity contribution in [3.05, 3.63) is 63.0 Å². The summed E-state index contributed by atoms with van der Waals surface area (Å²) in [6, 6.07) is 8.66. The van der Waals surface area contributed by atoms with E-state index in [2.05, 4.69) is 15.3 Å². The van der Waals surface area contributed by atoms with Crippen LogP contribution in [0.2, 0.25) is 5.02 Å². The molecule has 4 rings (SSSR count). The average Bonchev–Trinajstić information content (AvgIpc) is 2.67. The molecule has 0 aliphatic carbocycles. The zero-order chi connectivity index (χ0) is 19.8. The Kier molecular flexibility index (Phi) is 4.68. The van der Waals surface area contributed by atoms with Gasteiger partial charge in [-0.3, -0.25) is 9.69 Å². The van der Waals surface area contributed by atoms with E-state index in [4.69, 9.17) is 16.3 Å². The van der Waals surface area contributed by atoms with E-state index in [1.54, 1.807) is 23.2 Å². The molecule has 1 aliphatic rings. The number of pyridine rings is 2. The van der Waals surface area contributed by atoms with E-state index in [0.717, 1.165) is 22.2 Å². The molecule has 0 spiro atoms. The number of aromatic amines is 1. The molecule has 144 valence electrons. The number of fused-ring (bicyclic) bond motifs is 2. The van der Waals surface area contributed by atoms with Crippen molar-refractivity contribution in [1.29, 1.82) is 0 Å². The van der Waals surface area contributed by atoms with Crippen LogP contribution in [0.25, 0.3) is 10.9 Å². The number of benzene rings is 1. The average molecular weight is 399 g/mol. The van der Waals surface area contributed by atoms with Crippen LogP contribution in [0, 0.1) is 0 Å². The number of H-pyrrole nitrogens is 1. The molecule has 0 unspecified atom stereocenters. The van der Waals surface area contributed by atoms with Gasteiger partial charge in [0.15, 0.2) is 0 Å². The molecule has 0 saturated heterocycles. The lowest BCUT2D eigenvalue weighted by Gasteiger charge is -2.28. The Bertz CT molecular complexity index is 1130. The SMILES string of the molecule is CCN1C(=O)OCc2cnc(N[C@@H](C)c3cc4cc(Cl)ccc4[nH]c3=O)cc21. The van der Waals surface area contributed by atoms with Crippen LogP contribution in [0.3, 0.4) is 0 Å². The molecule has 2 aromatic heterocycles. The summed E-state index contributed by atoms with van der Waals surface area (Å²) in [4.78, 5) is 33.3. The normalized spacial score (nSPS) is 14.5. The highest BCUT2D eigenvalue weighted by Gasteiger charge is 2.25. The molecule has 1 aromatic carbocycles. The van der Waals surface area contributed by atoms with Crippen molar-refractivity contribution >= 4 is 40.1 Å². The predicted molar refractivity (Wildman–Crippen MR) is 109 cm³/mol. The van der Waals surface area contributed by atoms with Gasteiger partial charge >= 0.3 is 6.09 Å². The number of anilines is 2. The first-order valence-electron chi connectivity index (χ1n) is 8.98. The molecule has 0 saturated carbocycles. The molecular formula is C20H19ClN4O3. The number of nitrogens with zero attached hydrogens (tertiary/aromatic N) is 2. The van der Waals surface area contributed by atoms with Gasteiger partial charge in [0.2, 0.25) is 0 Å². The predicted octanol–water partition coefficient (Wildman–Crippen LogP) is 4.23. The fraction of sp³-hybridized carbons (Fsp3) is 0.250. The first-order chi connectivity index (χ1) is 13.5. The van der Waals surface area contributed by atoms with Gasteiger partial charge in [0.1, 0.15) is 12.4 Å². The number of aromatic nitrogens is 2. The van der Waals surface area contributed by atoms with Crippen molar-refractivity contribution in [1.82, 2.24) is 9.97 Å². The highest BCUT2D eigenvalue weighted by molar-refractivity contribution is 6.31. The Morgan fingerprint density at radius 2 is 2.14 bits per heavy atom. The summed E-state index contributed by atoms with van der Waals surface area (Å²) in [5.41, 5.74) is 2.74. The van der Waals surface area contributed by atoms with Gasteiger partial charge in [0.05, 0.1) is 11.7 Å². The van der Waals surface area contributed by atoms with E-state index in [9.17, 15) is 9.59 Å². The minimum atomic E-state index is -0.372. The molecule has 1 amide bonds. The van der Waals surface area contributed by atoms with E-state index in [0.29, 0.717) is 22.9 Å². The van der Waals surface area contributed by atoms with Crippen LogP contribution in [0.15, 0.2) is 41.3 Å². The molecule has 8 heteroatoms. The summed E-state index contributed by atoms with van der Waals surface area (Å²) < 4.78 is 5.13. The Hall–Kier alpha value is -3.06. The van der Waals surface area contributed by atoms with Crippen molar-refractivity contribution in [2.75, 3.05) is 16.8 Å². The van der Waals surface area contributed by atoms with E-state index in [1.807, 2.05) is 32.0 Å². The number of rotatable bonds is 4. The number of amides is 1. The number of hydrogen-bond donors (Lipinski definition) is 2. The second-order valence-electron chi connectivity index (χ2n) is 6.65. The third kappa shape index (κ3) is 3.29. The van der Waals surface area contributed by atoms with Crippen LogP contribution in [-0.2, 0) is 11.3 Å². The maximum absolute atomic E-state index is 12.5. The molecule has 3 heterocycles. The summed E-state index contributed by atoms with van der Waals surface area (Å²) in [5, 5.41) is 4.71. The van der Waals surface area contributed by atoms with E-state index in [1.165, 1.54) is 0 Å². The molecule has 3 aromatic rings. The van der Waals surface area contributed by atoms with E-state index in [-0.39, 0.29) is 24.3 Å². The first kappa shape index (κ1) is 18.3. The second-order valence-corrected chi connectivity index (χ2v) is 7.08. The van der Waals surface area contributed by atoms with Crippen LogP contribution >= 0.6 is 11.6 Å². The largest absolute Gasteiger partial charge is 0.444 e. The molecule has 0 fully saturated rings. The Morgan fingerprint density at radius 3 is 2.93 bits per heavy atom. The number of nitrogens with one attached hydrogen (secondary N) is 2. The highest BCUT2D eigenvalue weighted by Crippen LogP contribution is 2.29. The monoisotopic (exact) mass is 398 g/mol. The number of hydrogen-bond acceptors (Lipinski definition) is 5. The Labute approximate surface area is 166 Å². The van der Waals surface area contributed by atoms with Crippen LogP contribution in [-0.4, -0.2) is 22.6 Å². The van der Waals surface area contributed by atoms with Gasteiger partial charge in [-0.15, -0.1) is 0 Å². The van der Waals surface area contributed by atoms with Crippen molar-refractivity contribution < 1.29 is 9.53 Å². The smallest absolute Gasteiger partial charge is 0.414 e. The fourth-order valence-corrected chi connectivity index (χ4v) is 3.53. The van der Waals surface area contributed by atoms with Crippen LogP contribution < -0.4 is 15.8 Å². The minimum Gasteiger partial charge on any atom is -0.444 e.